The van der Waals surface area contributed by atoms with E-state index in [1.807, 2.05) is 24.3 Å². The summed E-state index contributed by atoms with van der Waals surface area (Å²) in [4.78, 5) is 12.8. The summed E-state index contributed by atoms with van der Waals surface area (Å²) in [6.07, 6.45) is 2.95. The molecular weight excluding hydrogens is 294 g/mol. The number of halogens is 1. The lowest BCUT2D eigenvalue weighted by atomic mass is 9.95. The van der Waals surface area contributed by atoms with Crippen LogP contribution in [0.1, 0.15) is 26.2 Å². The van der Waals surface area contributed by atoms with Gasteiger partial charge in [-0.25, -0.2) is 0 Å². The van der Waals surface area contributed by atoms with E-state index < -0.39 is 11.5 Å². The van der Waals surface area contributed by atoms with Gasteiger partial charge in [0.25, 0.3) is 0 Å². The van der Waals surface area contributed by atoms with Gasteiger partial charge in [-0.1, -0.05) is 18.5 Å². The number of hydrogen-bond donors (Lipinski definition) is 2. The summed E-state index contributed by atoms with van der Waals surface area (Å²) in [5.41, 5.74) is -0.791. The van der Waals surface area contributed by atoms with Crippen LogP contribution >= 0.6 is 23.4 Å². The average Bonchev–Trinajstić information content (AvgIpc) is 3.26. The third-order valence-electron chi connectivity index (χ3n) is 3.63. The van der Waals surface area contributed by atoms with Gasteiger partial charge >= 0.3 is 5.97 Å². The molecule has 1 saturated carbocycles. The van der Waals surface area contributed by atoms with Crippen LogP contribution in [0.25, 0.3) is 0 Å². The van der Waals surface area contributed by atoms with Crippen LogP contribution < -0.4 is 5.32 Å². The molecule has 1 atom stereocenters. The topological polar surface area (TPSA) is 49.3 Å². The van der Waals surface area contributed by atoms with Crippen molar-refractivity contribution in [1.29, 1.82) is 0 Å². The Morgan fingerprint density at radius 1 is 1.45 bits per heavy atom. The van der Waals surface area contributed by atoms with E-state index in [0.29, 0.717) is 10.8 Å². The van der Waals surface area contributed by atoms with Crippen molar-refractivity contribution < 1.29 is 9.90 Å². The monoisotopic (exact) mass is 313 g/mol. The molecule has 2 N–H and O–H groups in total. The van der Waals surface area contributed by atoms with E-state index in [9.17, 15) is 9.90 Å². The molecule has 0 aromatic heterocycles. The highest BCUT2D eigenvalue weighted by molar-refractivity contribution is 7.99. The van der Waals surface area contributed by atoms with Gasteiger partial charge in [-0.3, -0.25) is 4.79 Å². The van der Waals surface area contributed by atoms with Gasteiger partial charge in [0.1, 0.15) is 5.54 Å². The summed E-state index contributed by atoms with van der Waals surface area (Å²) in [6, 6.07) is 7.55. The Morgan fingerprint density at radius 2 is 2.10 bits per heavy atom. The van der Waals surface area contributed by atoms with Crippen LogP contribution in [0.4, 0.5) is 0 Å². The summed E-state index contributed by atoms with van der Waals surface area (Å²) in [6.45, 7) is 2.79. The molecule has 1 aromatic rings. The highest BCUT2D eigenvalue weighted by Gasteiger charge is 2.50. The van der Waals surface area contributed by atoms with Crippen molar-refractivity contribution in [3.8, 4) is 0 Å². The van der Waals surface area contributed by atoms with E-state index in [1.54, 1.807) is 11.8 Å². The van der Waals surface area contributed by atoms with Crippen molar-refractivity contribution >= 4 is 29.3 Å². The third kappa shape index (κ3) is 3.68. The molecule has 2 rings (SSSR count). The first kappa shape index (κ1) is 15.7. The number of carboxylic acids is 1. The molecule has 0 aliphatic heterocycles. The second-order valence-electron chi connectivity index (χ2n) is 5.22. The zero-order valence-electron chi connectivity index (χ0n) is 11.6. The molecule has 1 aromatic carbocycles. The number of carbonyl (C=O) groups is 1. The molecule has 0 heterocycles. The molecule has 20 heavy (non-hydrogen) atoms. The largest absolute Gasteiger partial charge is 0.480 e. The number of hydrogen-bond acceptors (Lipinski definition) is 3. The Balaban J connectivity index is 2.06. The molecular formula is C15H20ClNO2S. The first-order valence-corrected chi connectivity index (χ1v) is 8.31. The Morgan fingerprint density at radius 3 is 2.60 bits per heavy atom. The zero-order valence-corrected chi connectivity index (χ0v) is 13.1. The Kier molecular flexibility index (Phi) is 5.35. The number of benzene rings is 1. The normalized spacial score (nSPS) is 17.7. The average molecular weight is 314 g/mol. The maximum Gasteiger partial charge on any atom is 0.325 e. The van der Waals surface area contributed by atoms with Crippen LogP contribution in [0, 0.1) is 5.92 Å². The molecule has 0 spiro atoms. The highest BCUT2D eigenvalue weighted by atomic mass is 35.5. The molecule has 110 valence electrons. The van der Waals surface area contributed by atoms with Gasteiger partial charge in [-0.05, 0) is 56.0 Å². The Bertz CT molecular complexity index is 461. The maximum absolute atomic E-state index is 11.8. The first-order valence-electron chi connectivity index (χ1n) is 6.95. The van der Waals surface area contributed by atoms with Crippen LogP contribution in [0.3, 0.4) is 0 Å². The fraction of sp³-hybridized carbons (Fsp3) is 0.533. The molecule has 0 saturated heterocycles. The summed E-state index contributed by atoms with van der Waals surface area (Å²) in [5.74, 6) is 0.0792. The number of thioether (sulfide) groups is 1. The minimum atomic E-state index is -0.791. The molecule has 1 fully saturated rings. The highest BCUT2D eigenvalue weighted by Crippen LogP contribution is 2.42. The van der Waals surface area contributed by atoms with Gasteiger partial charge in [0.05, 0.1) is 0 Å². The SMILES string of the molecule is CCCNC(CSc1ccc(Cl)cc1)(C(=O)O)C1CC1. The molecule has 0 bridgehead atoms. The molecule has 0 radical (unpaired) electrons. The van der Waals surface area contributed by atoms with Crippen LogP contribution in [0.2, 0.25) is 5.02 Å². The van der Waals surface area contributed by atoms with Crippen molar-refractivity contribution in [1.82, 2.24) is 5.32 Å². The van der Waals surface area contributed by atoms with Crippen LogP contribution in [0.15, 0.2) is 29.2 Å². The second kappa shape index (κ2) is 6.83. The lowest BCUT2D eigenvalue weighted by Crippen LogP contribution is -2.56. The zero-order chi connectivity index (χ0) is 14.6. The van der Waals surface area contributed by atoms with Crippen LogP contribution in [0.5, 0.6) is 0 Å². The fourth-order valence-electron chi connectivity index (χ4n) is 2.28. The summed E-state index contributed by atoms with van der Waals surface area (Å²) >= 11 is 7.45. The van der Waals surface area contributed by atoms with Crippen LogP contribution in [-0.4, -0.2) is 28.9 Å². The van der Waals surface area contributed by atoms with Gasteiger partial charge in [-0.15, -0.1) is 11.8 Å². The van der Waals surface area contributed by atoms with E-state index in [0.717, 1.165) is 30.7 Å². The van der Waals surface area contributed by atoms with E-state index >= 15 is 0 Å². The minimum Gasteiger partial charge on any atom is -0.480 e. The Labute approximate surface area is 129 Å². The molecule has 1 unspecified atom stereocenters. The fourth-order valence-corrected chi connectivity index (χ4v) is 3.59. The van der Waals surface area contributed by atoms with Crippen molar-refractivity contribution in [3.05, 3.63) is 29.3 Å². The standard InChI is InChI=1S/C15H20ClNO2S/c1-2-9-17-15(14(18)19,11-3-4-11)10-20-13-7-5-12(16)6-8-13/h5-8,11,17H,2-4,9-10H2,1H3,(H,18,19). The number of nitrogens with one attached hydrogen (secondary N) is 1. The lowest BCUT2D eigenvalue weighted by Gasteiger charge is -2.30. The van der Waals surface area contributed by atoms with E-state index in [1.165, 1.54) is 0 Å². The quantitative estimate of drug-likeness (QED) is 0.719. The molecule has 1 aliphatic rings. The van der Waals surface area contributed by atoms with Crippen molar-refractivity contribution in [2.75, 3.05) is 12.3 Å². The third-order valence-corrected chi connectivity index (χ3v) is 5.08. The lowest BCUT2D eigenvalue weighted by molar-refractivity contribution is -0.144. The summed E-state index contributed by atoms with van der Waals surface area (Å²) < 4.78 is 0. The molecule has 3 nitrogen and oxygen atoms in total. The summed E-state index contributed by atoms with van der Waals surface area (Å²) in [7, 11) is 0. The molecule has 1 aliphatic carbocycles. The van der Waals surface area contributed by atoms with Gasteiger partial charge in [0.15, 0.2) is 0 Å². The van der Waals surface area contributed by atoms with Gasteiger partial charge in [0.2, 0.25) is 0 Å². The van der Waals surface area contributed by atoms with E-state index in [4.69, 9.17) is 11.6 Å². The number of carboxylic acid groups (broad SMARTS) is 1. The van der Waals surface area contributed by atoms with Crippen molar-refractivity contribution in [3.63, 3.8) is 0 Å². The predicted molar refractivity (Wildman–Crippen MR) is 83.6 cm³/mol. The second-order valence-corrected chi connectivity index (χ2v) is 6.71. The Hall–Kier alpha value is -0.710. The predicted octanol–water partition coefficient (Wildman–Crippen LogP) is 3.67. The summed E-state index contributed by atoms with van der Waals surface area (Å²) in [5, 5.41) is 13.7. The smallest absolute Gasteiger partial charge is 0.325 e. The minimum absolute atomic E-state index is 0.256. The molecule has 5 heteroatoms. The van der Waals surface area contributed by atoms with Crippen molar-refractivity contribution in [2.24, 2.45) is 5.92 Å². The first-order chi connectivity index (χ1) is 9.58. The number of aliphatic carboxylic acids is 1. The number of rotatable bonds is 8. The molecule has 0 amide bonds. The van der Waals surface area contributed by atoms with E-state index in [2.05, 4.69) is 12.2 Å². The van der Waals surface area contributed by atoms with Crippen molar-refractivity contribution in [2.45, 2.75) is 36.6 Å². The van der Waals surface area contributed by atoms with Gasteiger partial charge in [0, 0.05) is 15.7 Å². The van der Waals surface area contributed by atoms with E-state index in [-0.39, 0.29) is 5.92 Å². The van der Waals surface area contributed by atoms with Gasteiger partial charge in [-0.2, -0.15) is 0 Å². The van der Waals surface area contributed by atoms with Crippen LogP contribution in [-0.2, 0) is 4.79 Å². The maximum atomic E-state index is 11.8. The van der Waals surface area contributed by atoms with Gasteiger partial charge < -0.3 is 10.4 Å².